The van der Waals surface area contributed by atoms with Crippen molar-refractivity contribution in [3.63, 3.8) is 0 Å². The van der Waals surface area contributed by atoms with E-state index in [1.165, 1.54) is 44.0 Å². The summed E-state index contributed by atoms with van der Waals surface area (Å²) < 4.78 is 0. The molecule has 4 atom stereocenters. The van der Waals surface area contributed by atoms with Crippen molar-refractivity contribution >= 4 is 53.4 Å². The number of anilines is 1. The topological polar surface area (TPSA) is 257 Å². The molecule has 0 bridgehead atoms. The lowest BCUT2D eigenvalue weighted by atomic mass is 9.85. The zero-order valence-electron chi connectivity index (χ0n) is 49.4. The summed E-state index contributed by atoms with van der Waals surface area (Å²) in [7, 11) is 3.26. The molecule has 83 heavy (non-hydrogen) atoms. The number of amides is 8. The van der Waals surface area contributed by atoms with Crippen LogP contribution in [0.2, 0.25) is 0 Å². The molecule has 7 rings (SSSR count). The van der Waals surface area contributed by atoms with Gasteiger partial charge in [0.05, 0.1) is 25.8 Å². The number of likely N-dealkylation sites (N-methyl/N-ethyl adjacent to an activating group) is 2. The fourth-order valence-corrected chi connectivity index (χ4v) is 9.59. The van der Waals surface area contributed by atoms with Crippen LogP contribution in [0.5, 0.6) is 0 Å². The molecule has 4 unspecified atom stereocenters. The molecular formula is C64H85N11O8. The molecule has 0 aromatic heterocycles. The van der Waals surface area contributed by atoms with Gasteiger partial charge in [-0.3, -0.25) is 38.4 Å². The average molecular weight is 1140 g/mol. The van der Waals surface area contributed by atoms with Crippen LogP contribution in [0.4, 0.5) is 5.69 Å². The first-order chi connectivity index (χ1) is 39.6. The Morgan fingerprint density at radius 3 is 1.64 bits per heavy atom. The van der Waals surface area contributed by atoms with Crippen molar-refractivity contribution in [1.82, 2.24) is 51.9 Å². The summed E-state index contributed by atoms with van der Waals surface area (Å²) in [5.74, 6) is -2.08. The van der Waals surface area contributed by atoms with Gasteiger partial charge in [-0.2, -0.15) is 0 Å². The molecule has 0 spiro atoms. The third-order valence-corrected chi connectivity index (χ3v) is 14.0. The average Bonchev–Trinajstić information content (AvgIpc) is 4.26. The highest BCUT2D eigenvalue weighted by Gasteiger charge is 2.42. The molecule has 19 nitrogen and oxygen atoms in total. The minimum Gasteiger partial charge on any atom is -0.399 e. The largest absolute Gasteiger partial charge is 0.399 e. The van der Waals surface area contributed by atoms with Crippen LogP contribution in [0.15, 0.2) is 140 Å². The van der Waals surface area contributed by atoms with Crippen LogP contribution in [0.25, 0.3) is 0 Å². The van der Waals surface area contributed by atoms with Crippen LogP contribution in [0.1, 0.15) is 110 Å². The normalized spacial score (nSPS) is 15.4. The predicted octanol–water partition coefficient (Wildman–Crippen LogP) is 4.86. The van der Waals surface area contributed by atoms with Gasteiger partial charge in [-0.25, -0.2) is 0 Å². The molecule has 2 heterocycles. The number of hydrogen-bond acceptors (Lipinski definition) is 11. The summed E-state index contributed by atoms with van der Waals surface area (Å²) in [6.07, 6.45) is 0.834. The molecule has 0 radical (unpaired) electrons. The van der Waals surface area contributed by atoms with Gasteiger partial charge in [0.2, 0.25) is 35.9 Å². The van der Waals surface area contributed by atoms with Gasteiger partial charge < -0.3 is 57.7 Å². The highest BCUT2D eigenvalue weighted by molar-refractivity contribution is 6.02. The number of nitrogen functional groups attached to an aromatic ring is 1. The molecule has 8 amide bonds. The van der Waals surface area contributed by atoms with Crippen molar-refractivity contribution in [2.75, 3.05) is 72.3 Å². The summed E-state index contributed by atoms with van der Waals surface area (Å²) in [5.41, 5.74) is 10.4. The van der Waals surface area contributed by atoms with Crippen molar-refractivity contribution in [3.8, 4) is 0 Å². The first-order valence-electron chi connectivity index (χ1n) is 28.3. The van der Waals surface area contributed by atoms with Crippen molar-refractivity contribution in [3.05, 3.63) is 173 Å². The number of nitrogens with one attached hydrogen (secondary N) is 7. The van der Waals surface area contributed by atoms with Gasteiger partial charge in [-0.05, 0) is 79.2 Å². The Hall–Kier alpha value is -8.42. The Kier molecular flexibility index (Phi) is 25.4. The Balaban J connectivity index is 0.000000501. The lowest BCUT2D eigenvalue weighted by molar-refractivity contribution is -0.138. The van der Waals surface area contributed by atoms with Crippen LogP contribution >= 0.6 is 0 Å². The van der Waals surface area contributed by atoms with Crippen molar-refractivity contribution in [2.45, 2.75) is 90.9 Å². The second kappa shape index (κ2) is 32.3. The van der Waals surface area contributed by atoms with E-state index in [9.17, 15) is 38.4 Å². The molecule has 2 aliphatic heterocycles. The first-order valence-corrected chi connectivity index (χ1v) is 28.3. The number of benzene rings is 5. The van der Waals surface area contributed by atoms with Crippen molar-refractivity contribution in [2.24, 2.45) is 11.3 Å². The monoisotopic (exact) mass is 1140 g/mol. The molecule has 2 saturated heterocycles. The molecule has 0 aliphatic carbocycles. The van der Waals surface area contributed by atoms with E-state index in [-0.39, 0.29) is 98.7 Å². The summed E-state index contributed by atoms with van der Waals surface area (Å²) >= 11 is 0. The highest BCUT2D eigenvalue weighted by Crippen LogP contribution is 2.27. The SMILES string of the molecule is CC(C)C.CNCC(=O)NC(C(=O)N1CCN(C(=O)c2cc(N)cc(C(=O)NC3CC(C(=O)NCC(c4ccccc4)c4ccccc4)N(C(=O)CNC(=O)C(C)NC)C3)c2)C1)C(C)(C)C.O=CNCC(c1ccccc1)c1ccccc1. The fraction of sp³-hybridized carbons (Fsp3) is 0.406. The molecule has 2 aliphatic rings. The van der Waals surface area contributed by atoms with Crippen molar-refractivity contribution in [1.29, 1.82) is 0 Å². The second-order valence-corrected chi connectivity index (χ2v) is 22.5. The summed E-state index contributed by atoms with van der Waals surface area (Å²) in [4.78, 5) is 109. The number of likely N-dealkylation sites (tertiary alicyclic amines) is 1. The van der Waals surface area contributed by atoms with Gasteiger partial charge in [0.1, 0.15) is 12.1 Å². The molecule has 2 fully saturated rings. The van der Waals surface area contributed by atoms with Crippen LogP contribution in [0.3, 0.4) is 0 Å². The number of carbonyl (C=O) groups is 8. The van der Waals surface area contributed by atoms with Gasteiger partial charge in [0, 0.05) is 67.4 Å². The van der Waals surface area contributed by atoms with E-state index in [0.717, 1.165) is 23.5 Å². The zero-order chi connectivity index (χ0) is 60.6. The smallest absolute Gasteiger partial charge is 0.255 e. The molecule has 5 aromatic rings. The van der Waals surface area contributed by atoms with Crippen LogP contribution in [-0.4, -0.2) is 153 Å². The van der Waals surface area contributed by atoms with E-state index in [1.807, 2.05) is 118 Å². The zero-order valence-corrected chi connectivity index (χ0v) is 49.4. The quantitative estimate of drug-likeness (QED) is 0.0364. The number of carbonyl (C=O) groups excluding carboxylic acids is 8. The van der Waals surface area contributed by atoms with E-state index in [2.05, 4.69) is 82.3 Å². The van der Waals surface area contributed by atoms with E-state index in [0.29, 0.717) is 6.54 Å². The number of nitrogens with two attached hydrogens (primary N) is 1. The lowest BCUT2D eigenvalue weighted by Gasteiger charge is -2.33. The molecule has 5 aromatic carbocycles. The van der Waals surface area contributed by atoms with Crippen molar-refractivity contribution < 1.29 is 38.4 Å². The Morgan fingerprint density at radius 2 is 1.16 bits per heavy atom. The minimum atomic E-state index is -0.966. The van der Waals surface area contributed by atoms with Gasteiger partial charge >= 0.3 is 0 Å². The minimum absolute atomic E-state index is 0.0162. The van der Waals surface area contributed by atoms with Crippen LogP contribution in [0, 0.1) is 11.3 Å². The Labute approximate surface area is 489 Å². The van der Waals surface area contributed by atoms with E-state index < -0.39 is 53.2 Å². The Bertz CT molecular complexity index is 2830. The number of rotatable bonds is 21. The number of hydrogen-bond donors (Lipinski definition) is 8. The first kappa shape index (κ1) is 65.4. The fourth-order valence-electron chi connectivity index (χ4n) is 9.59. The summed E-state index contributed by atoms with van der Waals surface area (Å²) in [6, 6.07) is 41.3. The molecule has 9 N–H and O–H groups in total. The van der Waals surface area contributed by atoms with E-state index >= 15 is 0 Å². The maximum absolute atomic E-state index is 14.0. The maximum atomic E-state index is 14.0. The number of nitrogens with zero attached hydrogens (tertiary/aromatic N) is 3. The van der Waals surface area contributed by atoms with Gasteiger partial charge in [-0.1, -0.05) is 163 Å². The maximum Gasteiger partial charge on any atom is 0.255 e. The molecule has 19 heteroatoms. The summed E-state index contributed by atoms with van der Waals surface area (Å²) in [5, 5.41) is 19.8. The molecular weight excluding hydrogens is 1050 g/mol. The standard InChI is InChI=1S/C45H60N10O7.C15H15NO.C4H10/c1-28(48-6)40(58)50-25-38(57)55-26-34(22-36(55)42(60)49-23-35(29-13-9-7-10-14-29)30-15-11-8-12-16-30)51-41(59)31-19-32(21-33(46)20-31)43(61)53-17-18-54(27-53)44(62)39(45(2,3)4)52-37(56)24-47-5;17-12-16-11-15(13-7-3-1-4-8-13)14-9-5-2-6-10-14;1-4(2)3/h7-16,19-21,28,34-36,39,47-48H,17-18,22-27,46H2,1-6H3,(H,49,60)(H,50,58)(H,51,59)(H,52,56);1-10,12,15H,11H2,(H,16,17);4H,1-3H3. The molecule has 444 valence electrons. The molecule has 0 saturated carbocycles. The summed E-state index contributed by atoms with van der Waals surface area (Å²) in [6.45, 7) is 14.7. The van der Waals surface area contributed by atoms with E-state index in [4.69, 9.17) is 5.73 Å². The predicted molar refractivity (Wildman–Crippen MR) is 324 cm³/mol. The van der Waals surface area contributed by atoms with Gasteiger partial charge in [0.15, 0.2) is 0 Å². The van der Waals surface area contributed by atoms with E-state index in [1.54, 1.807) is 21.0 Å². The van der Waals surface area contributed by atoms with Gasteiger partial charge in [0.25, 0.3) is 11.8 Å². The van der Waals surface area contributed by atoms with Gasteiger partial charge in [-0.15, -0.1) is 0 Å². The van der Waals surface area contributed by atoms with Crippen LogP contribution < -0.4 is 43.0 Å². The highest BCUT2D eigenvalue weighted by atomic mass is 16.2. The van der Waals surface area contributed by atoms with Crippen LogP contribution in [-0.2, 0) is 28.8 Å². The lowest BCUT2D eigenvalue weighted by Crippen LogP contribution is -2.55. The Morgan fingerprint density at radius 1 is 0.663 bits per heavy atom. The third kappa shape index (κ3) is 19.9. The second-order valence-electron chi connectivity index (χ2n) is 22.5. The third-order valence-electron chi connectivity index (χ3n) is 14.0.